The van der Waals surface area contributed by atoms with Crippen molar-refractivity contribution in [3.63, 3.8) is 0 Å². The van der Waals surface area contributed by atoms with Crippen molar-refractivity contribution in [2.75, 3.05) is 6.61 Å². The molecule has 3 rings (SSSR count). The fraction of sp³-hybridized carbons (Fsp3) is 0.167. The molecule has 110 valence electrons. The van der Waals surface area contributed by atoms with Crippen LogP contribution in [0.4, 0.5) is 0 Å². The van der Waals surface area contributed by atoms with E-state index in [1.807, 2.05) is 42.5 Å². The average molecular weight is 292 g/mol. The predicted octanol–water partition coefficient (Wildman–Crippen LogP) is 2.65. The van der Waals surface area contributed by atoms with Crippen molar-refractivity contribution in [2.45, 2.75) is 12.8 Å². The fourth-order valence-corrected chi connectivity index (χ4v) is 2.42. The minimum absolute atomic E-state index is 0.264. The Labute approximate surface area is 128 Å². The molecule has 4 nitrogen and oxygen atoms in total. The second-order valence-corrected chi connectivity index (χ2v) is 5.21. The van der Waals surface area contributed by atoms with Crippen LogP contribution in [0.15, 0.2) is 64.8 Å². The molecule has 1 aliphatic rings. The summed E-state index contributed by atoms with van der Waals surface area (Å²) in [5.74, 6) is -0.264. The Balaban J connectivity index is 1.63. The van der Waals surface area contributed by atoms with Crippen molar-refractivity contribution in [3.05, 3.63) is 71.3 Å². The molecule has 0 aromatic heterocycles. The lowest BCUT2D eigenvalue weighted by molar-refractivity contribution is 0.0904. The van der Waals surface area contributed by atoms with Crippen LogP contribution in [0.2, 0.25) is 0 Å². The Morgan fingerprint density at radius 3 is 2.41 bits per heavy atom. The van der Waals surface area contributed by atoms with Crippen LogP contribution in [0.1, 0.15) is 27.9 Å². The summed E-state index contributed by atoms with van der Waals surface area (Å²) in [5.41, 5.74) is 4.71. The van der Waals surface area contributed by atoms with Gasteiger partial charge in [-0.05, 0) is 11.1 Å². The van der Waals surface area contributed by atoms with Crippen LogP contribution >= 0.6 is 0 Å². The number of Topliss-reactive ketones (excluding diaryl/α,β-unsaturated/α-hetero) is 1. The van der Waals surface area contributed by atoms with Crippen molar-refractivity contribution in [1.82, 2.24) is 0 Å². The molecule has 0 amide bonds. The molecule has 1 heterocycles. The summed E-state index contributed by atoms with van der Waals surface area (Å²) in [4.78, 5) is 11.4. The van der Waals surface area contributed by atoms with Crippen molar-refractivity contribution in [3.8, 4) is 0 Å². The molecule has 0 spiro atoms. The van der Waals surface area contributed by atoms with E-state index in [-0.39, 0.29) is 5.78 Å². The maximum absolute atomic E-state index is 11.4. The van der Waals surface area contributed by atoms with Crippen molar-refractivity contribution >= 4 is 17.2 Å². The van der Waals surface area contributed by atoms with Gasteiger partial charge < -0.3 is 5.11 Å². The largest absolute Gasteiger partial charge is 0.388 e. The Bertz CT molecular complexity index is 731. The molecule has 0 unspecified atom stereocenters. The summed E-state index contributed by atoms with van der Waals surface area (Å²) in [6.07, 6.45) is 1.47. The summed E-state index contributed by atoms with van der Waals surface area (Å²) in [7, 11) is 0. The van der Waals surface area contributed by atoms with E-state index in [1.165, 1.54) is 0 Å². The van der Waals surface area contributed by atoms with Crippen LogP contribution in [0.25, 0.3) is 0 Å². The summed E-state index contributed by atoms with van der Waals surface area (Å²) in [5, 5.41) is 17.4. The predicted molar refractivity (Wildman–Crippen MR) is 86.6 cm³/mol. The minimum Gasteiger partial charge on any atom is -0.388 e. The Morgan fingerprint density at radius 1 is 1.00 bits per heavy atom. The first-order valence-electron chi connectivity index (χ1n) is 7.17. The Hall–Kier alpha value is -2.59. The van der Waals surface area contributed by atoms with Gasteiger partial charge in [0.25, 0.3) is 0 Å². The van der Waals surface area contributed by atoms with Gasteiger partial charge in [-0.15, -0.1) is 0 Å². The lowest BCUT2D eigenvalue weighted by atomic mass is 10.00. The number of aliphatic hydroxyl groups is 1. The molecule has 2 aromatic rings. The van der Waals surface area contributed by atoms with E-state index in [4.69, 9.17) is 5.11 Å². The van der Waals surface area contributed by atoms with Gasteiger partial charge in [0.05, 0.1) is 11.4 Å². The second-order valence-electron chi connectivity index (χ2n) is 5.21. The van der Waals surface area contributed by atoms with E-state index >= 15 is 0 Å². The molecular formula is C18H16N2O2. The van der Waals surface area contributed by atoms with Gasteiger partial charge in [-0.2, -0.15) is 10.2 Å². The number of nitrogens with zero attached hydrogens (tertiary/aromatic N) is 2. The van der Waals surface area contributed by atoms with Gasteiger partial charge >= 0.3 is 0 Å². The van der Waals surface area contributed by atoms with E-state index in [0.717, 1.165) is 29.0 Å². The van der Waals surface area contributed by atoms with Gasteiger partial charge in [0.2, 0.25) is 0 Å². The number of hydrogen-bond acceptors (Lipinski definition) is 4. The number of rotatable bonds is 5. The van der Waals surface area contributed by atoms with Gasteiger partial charge in [0, 0.05) is 18.4 Å². The maximum Gasteiger partial charge on any atom is 0.188 e. The third kappa shape index (κ3) is 3.18. The fourth-order valence-electron chi connectivity index (χ4n) is 2.42. The summed E-state index contributed by atoms with van der Waals surface area (Å²) < 4.78 is 0. The van der Waals surface area contributed by atoms with E-state index in [1.54, 1.807) is 12.1 Å². The van der Waals surface area contributed by atoms with Crippen LogP contribution in [0.3, 0.4) is 0 Å². The van der Waals surface area contributed by atoms with Crippen LogP contribution < -0.4 is 0 Å². The van der Waals surface area contributed by atoms with Gasteiger partial charge in [-0.25, -0.2) is 0 Å². The van der Waals surface area contributed by atoms with Crippen molar-refractivity contribution < 1.29 is 9.90 Å². The standard InChI is InChI=1S/C18H16N2O2/c21-12-18(22)15-8-6-13(7-9-15)10-16-11-17(20-19-16)14-4-2-1-3-5-14/h1-9,21H,10-12H2. The summed E-state index contributed by atoms with van der Waals surface area (Å²) in [6, 6.07) is 17.3. The number of aliphatic hydroxyl groups excluding tert-OH is 1. The number of carbonyl (C=O) groups excluding carboxylic acids is 1. The summed E-state index contributed by atoms with van der Waals surface area (Å²) in [6.45, 7) is -0.458. The molecule has 1 N–H and O–H groups in total. The first kappa shape index (κ1) is 14.4. The van der Waals surface area contributed by atoms with Gasteiger partial charge in [-0.3, -0.25) is 4.79 Å². The van der Waals surface area contributed by atoms with E-state index < -0.39 is 6.61 Å². The molecule has 4 heteroatoms. The van der Waals surface area contributed by atoms with Crippen LogP contribution in [-0.4, -0.2) is 28.9 Å². The third-order valence-electron chi connectivity index (χ3n) is 3.62. The quantitative estimate of drug-likeness (QED) is 0.861. The number of ketones is 1. The Morgan fingerprint density at radius 2 is 1.73 bits per heavy atom. The Kier molecular flexibility index (Phi) is 4.21. The highest BCUT2D eigenvalue weighted by molar-refractivity contribution is 6.15. The average Bonchev–Trinajstić information content (AvgIpc) is 3.04. The lowest BCUT2D eigenvalue weighted by Crippen LogP contribution is -2.07. The van der Waals surface area contributed by atoms with Gasteiger partial charge in [0.1, 0.15) is 6.61 Å². The molecule has 0 bridgehead atoms. The highest BCUT2D eigenvalue weighted by atomic mass is 16.3. The van der Waals surface area contributed by atoms with Crippen molar-refractivity contribution in [2.24, 2.45) is 10.2 Å². The molecule has 0 aliphatic carbocycles. The molecule has 22 heavy (non-hydrogen) atoms. The maximum atomic E-state index is 11.4. The highest BCUT2D eigenvalue weighted by Crippen LogP contribution is 2.15. The van der Waals surface area contributed by atoms with E-state index in [2.05, 4.69) is 10.2 Å². The molecule has 0 saturated heterocycles. The highest BCUT2D eigenvalue weighted by Gasteiger charge is 2.14. The molecule has 2 aromatic carbocycles. The molecular weight excluding hydrogens is 276 g/mol. The number of benzene rings is 2. The first-order valence-corrected chi connectivity index (χ1v) is 7.17. The number of hydrogen-bond donors (Lipinski definition) is 1. The van der Waals surface area contributed by atoms with Gasteiger partial charge in [0.15, 0.2) is 5.78 Å². The zero-order valence-electron chi connectivity index (χ0n) is 12.1. The van der Waals surface area contributed by atoms with Crippen LogP contribution in [0, 0.1) is 0 Å². The number of carbonyl (C=O) groups is 1. The van der Waals surface area contributed by atoms with Crippen molar-refractivity contribution in [1.29, 1.82) is 0 Å². The van der Waals surface area contributed by atoms with E-state index in [0.29, 0.717) is 12.0 Å². The lowest BCUT2D eigenvalue weighted by Gasteiger charge is -2.03. The molecule has 0 radical (unpaired) electrons. The normalized spacial score (nSPS) is 13.7. The second kappa shape index (κ2) is 6.45. The zero-order valence-corrected chi connectivity index (χ0v) is 12.1. The molecule has 0 saturated carbocycles. The smallest absolute Gasteiger partial charge is 0.188 e. The molecule has 0 fully saturated rings. The zero-order chi connectivity index (χ0) is 15.4. The van der Waals surface area contributed by atoms with Crippen LogP contribution in [0.5, 0.6) is 0 Å². The molecule has 0 atom stereocenters. The first-order chi connectivity index (χ1) is 10.8. The van der Waals surface area contributed by atoms with Crippen LogP contribution in [-0.2, 0) is 6.42 Å². The monoisotopic (exact) mass is 292 g/mol. The molecule has 1 aliphatic heterocycles. The summed E-state index contributed by atoms with van der Waals surface area (Å²) >= 11 is 0. The minimum atomic E-state index is -0.458. The van der Waals surface area contributed by atoms with E-state index in [9.17, 15) is 4.79 Å². The topological polar surface area (TPSA) is 62.0 Å². The third-order valence-corrected chi connectivity index (χ3v) is 3.62. The van der Waals surface area contributed by atoms with Gasteiger partial charge in [-0.1, -0.05) is 54.6 Å². The SMILES string of the molecule is O=C(CO)c1ccc(CC2=NN=C(c3ccccc3)C2)cc1.